The van der Waals surface area contributed by atoms with Gasteiger partial charge in [-0.05, 0) is 5.53 Å². The molecule has 5 heteroatoms. The average molecular weight is 154 g/mol. The van der Waals surface area contributed by atoms with Gasteiger partial charge >= 0.3 is 0 Å². The van der Waals surface area contributed by atoms with Crippen LogP contribution in [0.25, 0.3) is 10.4 Å². The Balaban J connectivity index is 2.76. The maximum absolute atomic E-state index is 8.07. The lowest BCUT2D eigenvalue weighted by molar-refractivity contribution is 0.780. The largest absolute Gasteiger partial charge is 0.249 e. The van der Waals surface area contributed by atoms with Crippen molar-refractivity contribution in [3.63, 3.8) is 0 Å². The van der Waals surface area contributed by atoms with Gasteiger partial charge in [0.2, 0.25) is 0 Å². The monoisotopic (exact) mass is 154 g/mol. The first kappa shape index (κ1) is 7.05. The summed E-state index contributed by atoms with van der Waals surface area (Å²) in [5.74, 6) is 0. The molecule has 0 saturated carbocycles. The van der Waals surface area contributed by atoms with Crippen LogP contribution in [0.15, 0.2) is 16.0 Å². The second kappa shape index (κ2) is 3.20. The Bertz CT molecular complexity index is 236. The molecule has 0 fully saturated rings. The number of hydrogen-bond acceptors (Lipinski definition) is 3. The Morgan fingerprint density at radius 1 is 1.90 bits per heavy atom. The highest BCUT2D eigenvalue weighted by atomic mass is 32.1. The maximum atomic E-state index is 8.07. The van der Waals surface area contributed by atoms with Gasteiger partial charge in [0, 0.05) is 10.3 Å². The zero-order valence-corrected chi connectivity index (χ0v) is 6.25. The van der Waals surface area contributed by atoms with Crippen molar-refractivity contribution < 1.29 is 0 Å². The van der Waals surface area contributed by atoms with Crippen LogP contribution in [0.3, 0.4) is 0 Å². The number of rotatable bonds is 2. The predicted octanol–water partition coefficient (Wildman–Crippen LogP) is 2.51. The van der Waals surface area contributed by atoms with Crippen LogP contribution >= 0.6 is 11.3 Å². The van der Waals surface area contributed by atoms with Crippen molar-refractivity contribution in [3.05, 3.63) is 27.0 Å². The third-order valence-corrected chi connectivity index (χ3v) is 1.71. The number of nitrogens with zero attached hydrogens (tertiary/aromatic N) is 4. The molecule has 0 aromatic carbocycles. The van der Waals surface area contributed by atoms with Crippen molar-refractivity contribution in [2.24, 2.45) is 5.11 Å². The van der Waals surface area contributed by atoms with Crippen molar-refractivity contribution in [2.75, 3.05) is 0 Å². The van der Waals surface area contributed by atoms with E-state index in [4.69, 9.17) is 5.53 Å². The normalized spacial score (nSPS) is 12.1. The number of azide groups is 1. The standard InChI is InChI=1S/C5H6N4S/c1-4(8-9-6)5-2-10-3-7-5/h2-4H,1H3/t4-/m0/s1. The molecule has 1 atom stereocenters. The summed E-state index contributed by atoms with van der Waals surface area (Å²) in [7, 11) is 0. The van der Waals surface area contributed by atoms with Crippen LogP contribution < -0.4 is 0 Å². The highest BCUT2D eigenvalue weighted by Gasteiger charge is 2.02. The molecule has 0 N–H and O–H groups in total. The summed E-state index contributed by atoms with van der Waals surface area (Å²) in [6, 6.07) is -0.142. The fraction of sp³-hybridized carbons (Fsp3) is 0.400. The molecular formula is C5H6N4S. The zero-order chi connectivity index (χ0) is 7.40. The van der Waals surface area contributed by atoms with Gasteiger partial charge in [-0.1, -0.05) is 12.0 Å². The van der Waals surface area contributed by atoms with Crippen molar-refractivity contribution in [3.8, 4) is 0 Å². The first-order valence-electron chi connectivity index (χ1n) is 2.77. The second-order valence-electron chi connectivity index (χ2n) is 1.79. The molecule has 1 rings (SSSR count). The maximum Gasteiger partial charge on any atom is 0.0794 e. The predicted molar refractivity (Wildman–Crippen MR) is 39.7 cm³/mol. The first-order valence-corrected chi connectivity index (χ1v) is 3.71. The number of hydrogen-bond donors (Lipinski definition) is 0. The molecule has 10 heavy (non-hydrogen) atoms. The minimum Gasteiger partial charge on any atom is -0.249 e. The van der Waals surface area contributed by atoms with Crippen LogP contribution in [-0.4, -0.2) is 4.98 Å². The lowest BCUT2D eigenvalue weighted by atomic mass is 10.3. The minimum absolute atomic E-state index is 0.142. The fourth-order valence-corrected chi connectivity index (χ4v) is 1.21. The van der Waals surface area contributed by atoms with Crippen molar-refractivity contribution in [1.82, 2.24) is 4.98 Å². The van der Waals surface area contributed by atoms with Gasteiger partial charge in [-0.2, -0.15) is 0 Å². The number of thiazole rings is 1. The summed E-state index contributed by atoms with van der Waals surface area (Å²) in [5, 5.41) is 5.37. The second-order valence-corrected chi connectivity index (χ2v) is 2.51. The molecule has 1 aromatic rings. The van der Waals surface area contributed by atoms with E-state index in [-0.39, 0.29) is 6.04 Å². The van der Waals surface area contributed by atoms with Gasteiger partial charge in [0.25, 0.3) is 0 Å². The van der Waals surface area contributed by atoms with Crippen LogP contribution in [0, 0.1) is 0 Å². The molecule has 0 saturated heterocycles. The Hall–Kier alpha value is -1.06. The summed E-state index contributed by atoms with van der Waals surface area (Å²) in [6.45, 7) is 1.81. The number of aromatic nitrogens is 1. The Morgan fingerprint density at radius 3 is 3.20 bits per heavy atom. The van der Waals surface area contributed by atoms with Gasteiger partial charge < -0.3 is 0 Å². The van der Waals surface area contributed by atoms with Crippen LogP contribution in [-0.2, 0) is 0 Å². The van der Waals surface area contributed by atoms with E-state index in [9.17, 15) is 0 Å². The molecule has 0 unspecified atom stereocenters. The summed E-state index contributed by atoms with van der Waals surface area (Å²) < 4.78 is 0. The van der Waals surface area contributed by atoms with E-state index in [0.717, 1.165) is 5.69 Å². The minimum atomic E-state index is -0.142. The van der Waals surface area contributed by atoms with Gasteiger partial charge in [-0.3, -0.25) is 0 Å². The molecule has 0 radical (unpaired) electrons. The molecule has 0 aliphatic heterocycles. The highest BCUT2D eigenvalue weighted by molar-refractivity contribution is 7.07. The molecular weight excluding hydrogens is 148 g/mol. The first-order chi connectivity index (χ1) is 4.84. The van der Waals surface area contributed by atoms with E-state index in [1.165, 1.54) is 11.3 Å². The highest BCUT2D eigenvalue weighted by Crippen LogP contribution is 2.15. The van der Waals surface area contributed by atoms with E-state index in [0.29, 0.717) is 0 Å². The van der Waals surface area contributed by atoms with E-state index in [1.807, 2.05) is 12.3 Å². The van der Waals surface area contributed by atoms with Gasteiger partial charge in [0.1, 0.15) is 0 Å². The molecule has 0 amide bonds. The quantitative estimate of drug-likeness (QED) is 0.366. The van der Waals surface area contributed by atoms with E-state index >= 15 is 0 Å². The Labute approximate surface area is 62.2 Å². The van der Waals surface area contributed by atoms with Crippen molar-refractivity contribution in [1.29, 1.82) is 0 Å². The molecule has 0 spiro atoms. The molecule has 52 valence electrons. The van der Waals surface area contributed by atoms with Gasteiger partial charge in [-0.25, -0.2) is 4.98 Å². The smallest absolute Gasteiger partial charge is 0.0794 e. The molecule has 1 heterocycles. The average Bonchev–Trinajstić information content (AvgIpc) is 2.38. The Kier molecular flexibility index (Phi) is 2.25. The summed E-state index contributed by atoms with van der Waals surface area (Å²) in [5.41, 5.74) is 10.6. The SMILES string of the molecule is C[C@H](N=[N+]=[N-])c1cscn1. The molecule has 0 aliphatic rings. The van der Waals surface area contributed by atoms with E-state index < -0.39 is 0 Å². The molecule has 0 aliphatic carbocycles. The zero-order valence-electron chi connectivity index (χ0n) is 5.43. The van der Waals surface area contributed by atoms with E-state index in [2.05, 4.69) is 15.0 Å². The van der Waals surface area contributed by atoms with Crippen molar-refractivity contribution in [2.45, 2.75) is 13.0 Å². The molecule has 4 nitrogen and oxygen atoms in total. The lowest BCUT2D eigenvalue weighted by Gasteiger charge is -1.95. The van der Waals surface area contributed by atoms with E-state index in [1.54, 1.807) is 5.51 Å². The third kappa shape index (κ3) is 1.46. The summed E-state index contributed by atoms with van der Waals surface area (Å²) in [4.78, 5) is 6.67. The Morgan fingerprint density at radius 2 is 2.70 bits per heavy atom. The molecule has 1 aromatic heterocycles. The van der Waals surface area contributed by atoms with Crippen LogP contribution in [0.1, 0.15) is 18.7 Å². The van der Waals surface area contributed by atoms with Gasteiger partial charge in [0.15, 0.2) is 0 Å². The van der Waals surface area contributed by atoms with Crippen LogP contribution in [0.2, 0.25) is 0 Å². The lowest BCUT2D eigenvalue weighted by Crippen LogP contribution is -1.85. The van der Waals surface area contributed by atoms with Gasteiger partial charge in [-0.15, -0.1) is 11.3 Å². The molecule has 0 bridgehead atoms. The summed E-state index contributed by atoms with van der Waals surface area (Å²) >= 11 is 1.50. The fourth-order valence-electron chi connectivity index (χ4n) is 0.565. The third-order valence-electron chi connectivity index (χ3n) is 1.10. The van der Waals surface area contributed by atoms with Crippen molar-refractivity contribution >= 4 is 11.3 Å². The van der Waals surface area contributed by atoms with Gasteiger partial charge in [0.05, 0.1) is 17.2 Å². The van der Waals surface area contributed by atoms with Crippen LogP contribution in [0.5, 0.6) is 0 Å². The topological polar surface area (TPSA) is 61.7 Å². The summed E-state index contributed by atoms with van der Waals surface area (Å²) in [6.07, 6.45) is 0. The van der Waals surface area contributed by atoms with Crippen LogP contribution in [0.4, 0.5) is 0 Å².